The van der Waals surface area contributed by atoms with Gasteiger partial charge in [0, 0.05) is 0 Å². The van der Waals surface area contributed by atoms with Crippen molar-refractivity contribution in [2.75, 3.05) is 13.2 Å². The Hall–Kier alpha value is -2.24. The molecule has 0 spiro atoms. The molecule has 0 amide bonds. The van der Waals surface area contributed by atoms with Gasteiger partial charge in [0.15, 0.2) is 11.6 Å². The van der Waals surface area contributed by atoms with Gasteiger partial charge in [-0.15, -0.1) is 0 Å². The zero-order valence-electron chi connectivity index (χ0n) is 10.0. The highest BCUT2D eigenvalue weighted by molar-refractivity contribution is 6.37. The summed E-state index contributed by atoms with van der Waals surface area (Å²) < 4.78 is 9.29. The van der Waals surface area contributed by atoms with E-state index in [0.29, 0.717) is 0 Å². The Balaban J connectivity index is 3.25. The Morgan fingerprint density at radius 1 is 0.889 bits per heavy atom. The predicted octanol–water partition coefficient (Wildman–Crippen LogP) is 0.117. The second-order valence-corrected chi connectivity index (χ2v) is 3.25. The van der Waals surface area contributed by atoms with Crippen molar-refractivity contribution in [2.45, 2.75) is 13.8 Å². The molecule has 0 bridgehead atoms. The van der Waals surface area contributed by atoms with Crippen LogP contribution < -0.4 is 0 Å². The molecule has 0 aromatic carbocycles. The Bertz CT molecular complexity index is 427. The third kappa shape index (κ3) is 2.71. The van der Waals surface area contributed by atoms with E-state index < -0.39 is 34.7 Å². The van der Waals surface area contributed by atoms with Crippen LogP contribution in [-0.4, -0.2) is 36.7 Å². The lowest BCUT2D eigenvalue weighted by atomic mass is 9.95. The number of carbonyl (C=O) groups excluding carboxylic acids is 4. The molecule has 0 fully saturated rings. The number of esters is 2. The maximum atomic E-state index is 11.6. The molecule has 0 atom stereocenters. The molecule has 0 aromatic rings. The van der Waals surface area contributed by atoms with Gasteiger partial charge >= 0.3 is 11.9 Å². The summed E-state index contributed by atoms with van der Waals surface area (Å²) in [6.07, 6.45) is 1.86. The minimum Gasteiger partial charge on any atom is -0.462 e. The van der Waals surface area contributed by atoms with Crippen LogP contribution in [0.25, 0.3) is 0 Å². The zero-order valence-corrected chi connectivity index (χ0v) is 10.0. The summed E-state index contributed by atoms with van der Waals surface area (Å²) in [6.45, 7) is 3.16. The Morgan fingerprint density at radius 3 is 1.50 bits per heavy atom. The summed E-state index contributed by atoms with van der Waals surface area (Å²) in [7, 11) is 0. The van der Waals surface area contributed by atoms with Crippen LogP contribution >= 0.6 is 0 Å². The Labute approximate surface area is 103 Å². The largest absolute Gasteiger partial charge is 0.462 e. The van der Waals surface area contributed by atoms with E-state index in [9.17, 15) is 19.2 Å². The van der Waals surface area contributed by atoms with Gasteiger partial charge in [0.2, 0.25) is 0 Å². The second-order valence-electron chi connectivity index (χ2n) is 3.25. The van der Waals surface area contributed by atoms with Crippen molar-refractivity contribution in [1.82, 2.24) is 0 Å². The molecule has 0 aliphatic heterocycles. The van der Waals surface area contributed by atoms with Gasteiger partial charge in [-0.2, -0.15) is 0 Å². The number of allylic oxidation sites excluding steroid dienone is 2. The first-order valence-electron chi connectivity index (χ1n) is 5.38. The average Bonchev–Trinajstić information content (AvgIpc) is 2.32. The molecule has 0 heterocycles. The van der Waals surface area contributed by atoms with Crippen molar-refractivity contribution in [3.05, 3.63) is 23.3 Å². The van der Waals surface area contributed by atoms with Gasteiger partial charge in [-0.3, -0.25) is 9.59 Å². The van der Waals surface area contributed by atoms with E-state index in [1.54, 1.807) is 13.8 Å². The van der Waals surface area contributed by atoms with E-state index in [0.717, 1.165) is 12.2 Å². The highest BCUT2D eigenvalue weighted by atomic mass is 16.5. The maximum Gasteiger partial charge on any atom is 0.343 e. The van der Waals surface area contributed by atoms with Gasteiger partial charge in [-0.05, 0) is 26.0 Å². The molecule has 1 rings (SSSR count). The van der Waals surface area contributed by atoms with Crippen molar-refractivity contribution in [3.63, 3.8) is 0 Å². The molecule has 0 radical (unpaired) electrons. The van der Waals surface area contributed by atoms with Crippen molar-refractivity contribution in [3.8, 4) is 0 Å². The van der Waals surface area contributed by atoms with Gasteiger partial charge in [0.1, 0.15) is 11.1 Å². The number of rotatable bonds is 4. The Morgan fingerprint density at radius 2 is 1.22 bits per heavy atom. The summed E-state index contributed by atoms with van der Waals surface area (Å²) >= 11 is 0. The molecule has 6 nitrogen and oxygen atoms in total. The molecule has 0 saturated carbocycles. The first kappa shape index (κ1) is 13.8. The lowest BCUT2D eigenvalue weighted by molar-refractivity contribution is -0.144. The lowest BCUT2D eigenvalue weighted by Gasteiger charge is -2.12. The fourth-order valence-corrected chi connectivity index (χ4v) is 1.38. The van der Waals surface area contributed by atoms with Crippen LogP contribution in [0.4, 0.5) is 0 Å². The molecular weight excluding hydrogens is 240 g/mol. The second kappa shape index (κ2) is 5.90. The normalized spacial score (nSPS) is 14.8. The molecule has 18 heavy (non-hydrogen) atoms. The topological polar surface area (TPSA) is 86.7 Å². The maximum absolute atomic E-state index is 11.6. The highest BCUT2D eigenvalue weighted by Crippen LogP contribution is 2.17. The van der Waals surface area contributed by atoms with Crippen molar-refractivity contribution in [2.24, 2.45) is 0 Å². The molecule has 96 valence electrons. The standard InChI is InChI=1S/C12H12O6/c1-3-17-11(15)9-7(13)5-6-8(14)10(9)12(16)18-4-2/h5-6H,3-4H2,1-2H3. The fraction of sp³-hybridized carbons (Fsp3) is 0.333. The predicted molar refractivity (Wildman–Crippen MR) is 59.4 cm³/mol. The zero-order chi connectivity index (χ0) is 13.7. The number of ether oxygens (including phenoxy) is 2. The smallest absolute Gasteiger partial charge is 0.343 e. The monoisotopic (exact) mass is 252 g/mol. The number of hydrogen-bond donors (Lipinski definition) is 0. The van der Waals surface area contributed by atoms with E-state index in [1.807, 2.05) is 0 Å². The fourth-order valence-electron chi connectivity index (χ4n) is 1.38. The molecular formula is C12H12O6. The van der Waals surface area contributed by atoms with Crippen LogP contribution in [0.5, 0.6) is 0 Å². The van der Waals surface area contributed by atoms with Gasteiger partial charge in [0.25, 0.3) is 0 Å². The summed E-state index contributed by atoms with van der Waals surface area (Å²) in [4.78, 5) is 46.3. The van der Waals surface area contributed by atoms with Crippen molar-refractivity contribution >= 4 is 23.5 Å². The van der Waals surface area contributed by atoms with Crippen LogP contribution in [0.1, 0.15) is 13.8 Å². The SMILES string of the molecule is CCOC(=O)C1=C(C(=O)OCC)C(=O)C=CC1=O. The Kier molecular flexibility index (Phi) is 4.53. The van der Waals surface area contributed by atoms with Crippen molar-refractivity contribution in [1.29, 1.82) is 0 Å². The summed E-state index contributed by atoms with van der Waals surface area (Å²) in [5.74, 6) is -3.47. The van der Waals surface area contributed by atoms with Crippen LogP contribution in [0.3, 0.4) is 0 Å². The third-order valence-electron chi connectivity index (χ3n) is 2.09. The summed E-state index contributed by atoms with van der Waals surface area (Å²) in [6, 6.07) is 0. The molecule has 0 saturated heterocycles. The van der Waals surface area contributed by atoms with E-state index in [4.69, 9.17) is 0 Å². The van der Waals surface area contributed by atoms with Crippen LogP contribution in [0.2, 0.25) is 0 Å². The third-order valence-corrected chi connectivity index (χ3v) is 2.09. The van der Waals surface area contributed by atoms with E-state index in [-0.39, 0.29) is 13.2 Å². The minimum atomic E-state index is -0.997. The van der Waals surface area contributed by atoms with E-state index >= 15 is 0 Å². The first-order chi connectivity index (χ1) is 8.52. The van der Waals surface area contributed by atoms with Crippen LogP contribution in [0, 0.1) is 0 Å². The minimum absolute atomic E-state index is 0.0314. The van der Waals surface area contributed by atoms with Gasteiger partial charge < -0.3 is 9.47 Å². The quantitative estimate of drug-likeness (QED) is 0.401. The lowest BCUT2D eigenvalue weighted by Crippen LogP contribution is -2.27. The highest BCUT2D eigenvalue weighted by Gasteiger charge is 2.34. The molecule has 0 aromatic heterocycles. The average molecular weight is 252 g/mol. The van der Waals surface area contributed by atoms with Crippen LogP contribution in [0.15, 0.2) is 23.3 Å². The van der Waals surface area contributed by atoms with Gasteiger partial charge in [-0.1, -0.05) is 0 Å². The molecule has 0 N–H and O–H groups in total. The number of hydrogen-bond acceptors (Lipinski definition) is 6. The summed E-state index contributed by atoms with van der Waals surface area (Å²) in [5, 5.41) is 0. The van der Waals surface area contributed by atoms with Gasteiger partial charge in [0.05, 0.1) is 13.2 Å². The van der Waals surface area contributed by atoms with Gasteiger partial charge in [-0.25, -0.2) is 9.59 Å². The number of ketones is 2. The van der Waals surface area contributed by atoms with Crippen molar-refractivity contribution < 1.29 is 28.7 Å². The number of carbonyl (C=O) groups is 4. The van der Waals surface area contributed by atoms with E-state index in [1.165, 1.54) is 0 Å². The molecule has 6 heteroatoms. The molecule has 1 aliphatic carbocycles. The summed E-state index contributed by atoms with van der Waals surface area (Å²) in [5.41, 5.74) is -1.13. The molecule has 1 aliphatic rings. The molecule has 0 unspecified atom stereocenters. The first-order valence-corrected chi connectivity index (χ1v) is 5.38. The van der Waals surface area contributed by atoms with E-state index in [2.05, 4.69) is 9.47 Å². The van der Waals surface area contributed by atoms with Crippen LogP contribution in [-0.2, 0) is 28.7 Å².